The Balaban J connectivity index is 1.16. The van der Waals surface area contributed by atoms with Gasteiger partial charge in [0.1, 0.15) is 24.7 Å². The molecule has 1 aliphatic heterocycles. The minimum Gasteiger partial charge on any atom is -0.490 e. The van der Waals surface area contributed by atoms with Crippen LogP contribution in [0.5, 0.6) is 11.5 Å². The van der Waals surface area contributed by atoms with E-state index in [0.29, 0.717) is 30.4 Å². The molecule has 7 heteroatoms. The van der Waals surface area contributed by atoms with Crippen LogP contribution in [0.3, 0.4) is 0 Å². The number of carbonyl (C=O) groups is 2. The molecule has 36 heavy (non-hydrogen) atoms. The molecule has 1 heterocycles. The van der Waals surface area contributed by atoms with Crippen LogP contribution in [-0.2, 0) is 4.79 Å². The molecule has 2 amide bonds. The second-order valence-electron chi connectivity index (χ2n) is 8.99. The Morgan fingerprint density at radius 1 is 0.806 bits per heavy atom. The van der Waals surface area contributed by atoms with Gasteiger partial charge in [-0.2, -0.15) is 0 Å². The summed E-state index contributed by atoms with van der Waals surface area (Å²) in [7, 11) is 0. The molecule has 3 aromatic carbocycles. The van der Waals surface area contributed by atoms with Gasteiger partial charge in [-0.15, -0.1) is 0 Å². The predicted molar refractivity (Wildman–Crippen MR) is 142 cm³/mol. The number of piperidine rings is 1. The Labute approximate surface area is 212 Å². The number of ether oxygens (including phenoxy) is 2. The van der Waals surface area contributed by atoms with Crippen LogP contribution in [0.2, 0.25) is 0 Å². The van der Waals surface area contributed by atoms with Gasteiger partial charge < -0.3 is 25.0 Å². The smallest absolute Gasteiger partial charge is 0.253 e. The van der Waals surface area contributed by atoms with Gasteiger partial charge in [0.2, 0.25) is 5.91 Å². The van der Waals surface area contributed by atoms with E-state index < -0.39 is 0 Å². The Kier molecular flexibility index (Phi) is 8.81. The number of carbonyl (C=O) groups excluding carboxylic acids is 2. The van der Waals surface area contributed by atoms with Crippen molar-refractivity contribution in [2.75, 3.05) is 43.5 Å². The van der Waals surface area contributed by atoms with Crippen LogP contribution in [0.1, 0.15) is 30.1 Å². The van der Waals surface area contributed by atoms with Crippen LogP contribution in [0.4, 0.5) is 11.4 Å². The Morgan fingerprint density at radius 3 is 2.03 bits per heavy atom. The van der Waals surface area contributed by atoms with Gasteiger partial charge in [0, 0.05) is 30.0 Å². The van der Waals surface area contributed by atoms with E-state index in [-0.39, 0.29) is 18.4 Å². The molecule has 2 N–H and O–H groups in total. The standard InChI is InChI=1S/C29H33N3O4/c1-22-15-17-32(18-16-22)29(34)23-7-9-25(10-8-23)31-28(33)21-30-24-11-13-27(14-12-24)36-20-19-35-26-5-3-2-4-6-26/h2-14,22,30H,15-21H2,1H3,(H,31,33). The lowest BCUT2D eigenvalue weighted by atomic mass is 9.98. The number of hydrogen-bond acceptors (Lipinski definition) is 5. The lowest BCUT2D eigenvalue weighted by Gasteiger charge is -2.30. The fraction of sp³-hybridized carbons (Fsp3) is 0.310. The highest BCUT2D eigenvalue weighted by Gasteiger charge is 2.21. The number of likely N-dealkylation sites (tertiary alicyclic amines) is 1. The summed E-state index contributed by atoms with van der Waals surface area (Å²) >= 11 is 0. The van der Waals surface area contributed by atoms with Gasteiger partial charge in [0.15, 0.2) is 0 Å². The third-order valence-electron chi connectivity index (χ3n) is 6.16. The molecular weight excluding hydrogens is 454 g/mol. The van der Waals surface area contributed by atoms with Gasteiger partial charge in [0.05, 0.1) is 6.54 Å². The summed E-state index contributed by atoms with van der Waals surface area (Å²) in [5, 5.41) is 5.96. The molecule has 0 radical (unpaired) electrons. The summed E-state index contributed by atoms with van der Waals surface area (Å²) in [5.74, 6) is 2.11. The summed E-state index contributed by atoms with van der Waals surface area (Å²) in [4.78, 5) is 26.9. The summed E-state index contributed by atoms with van der Waals surface area (Å²) < 4.78 is 11.3. The molecule has 0 unspecified atom stereocenters. The zero-order valence-corrected chi connectivity index (χ0v) is 20.6. The molecule has 4 rings (SSSR count). The van der Waals surface area contributed by atoms with Crippen LogP contribution in [0.15, 0.2) is 78.9 Å². The Bertz CT molecular complexity index is 1110. The van der Waals surface area contributed by atoms with Crippen LogP contribution in [-0.4, -0.2) is 49.6 Å². The molecule has 0 atom stereocenters. The fourth-order valence-electron chi connectivity index (χ4n) is 3.98. The fourth-order valence-corrected chi connectivity index (χ4v) is 3.98. The highest BCUT2D eigenvalue weighted by Crippen LogP contribution is 2.19. The van der Waals surface area contributed by atoms with Crippen LogP contribution >= 0.6 is 0 Å². The lowest BCUT2D eigenvalue weighted by Crippen LogP contribution is -2.37. The van der Waals surface area contributed by atoms with Crippen molar-refractivity contribution >= 4 is 23.2 Å². The number of anilines is 2. The zero-order chi connectivity index (χ0) is 25.2. The average molecular weight is 488 g/mol. The highest BCUT2D eigenvalue weighted by atomic mass is 16.5. The van der Waals surface area contributed by atoms with E-state index >= 15 is 0 Å². The summed E-state index contributed by atoms with van der Waals surface area (Å²) in [5.41, 5.74) is 2.12. The minimum atomic E-state index is -0.169. The van der Waals surface area contributed by atoms with Gasteiger partial charge in [-0.3, -0.25) is 9.59 Å². The van der Waals surface area contributed by atoms with E-state index in [1.807, 2.05) is 59.5 Å². The van der Waals surface area contributed by atoms with E-state index in [0.717, 1.165) is 43.1 Å². The first kappa shape index (κ1) is 25.1. The molecule has 0 spiro atoms. The summed E-state index contributed by atoms with van der Waals surface area (Å²) in [6.07, 6.45) is 2.10. The number of amides is 2. The Hall–Kier alpha value is -4.00. The first-order chi connectivity index (χ1) is 17.6. The number of nitrogens with one attached hydrogen (secondary N) is 2. The van der Waals surface area contributed by atoms with Crippen molar-refractivity contribution in [3.05, 3.63) is 84.4 Å². The topological polar surface area (TPSA) is 79.9 Å². The van der Waals surface area contributed by atoms with Gasteiger partial charge in [0.25, 0.3) is 5.91 Å². The normalized spacial score (nSPS) is 13.6. The number of benzene rings is 3. The van der Waals surface area contributed by atoms with Crippen molar-refractivity contribution in [2.24, 2.45) is 5.92 Å². The van der Waals surface area contributed by atoms with Crippen molar-refractivity contribution in [1.82, 2.24) is 4.90 Å². The SMILES string of the molecule is CC1CCN(C(=O)c2ccc(NC(=O)CNc3ccc(OCCOc4ccccc4)cc3)cc2)CC1. The Morgan fingerprint density at radius 2 is 1.39 bits per heavy atom. The third kappa shape index (κ3) is 7.50. The molecule has 0 bridgehead atoms. The molecule has 7 nitrogen and oxygen atoms in total. The summed E-state index contributed by atoms with van der Waals surface area (Å²) in [6.45, 7) is 4.85. The lowest BCUT2D eigenvalue weighted by molar-refractivity contribution is -0.114. The maximum absolute atomic E-state index is 12.7. The molecule has 0 saturated carbocycles. The minimum absolute atomic E-state index is 0.0533. The maximum atomic E-state index is 12.7. The monoisotopic (exact) mass is 487 g/mol. The molecule has 1 fully saturated rings. The molecule has 1 saturated heterocycles. The van der Waals surface area contributed by atoms with Crippen LogP contribution in [0, 0.1) is 5.92 Å². The van der Waals surface area contributed by atoms with Crippen LogP contribution < -0.4 is 20.1 Å². The van der Waals surface area contributed by atoms with Crippen molar-refractivity contribution in [3.63, 3.8) is 0 Å². The molecular formula is C29H33N3O4. The van der Waals surface area contributed by atoms with Crippen molar-refractivity contribution < 1.29 is 19.1 Å². The third-order valence-corrected chi connectivity index (χ3v) is 6.16. The number of hydrogen-bond donors (Lipinski definition) is 2. The maximum Gasteiger partial charge on any atom is 0.253 e. The average Bonchev–Trinajstić information content (AvgIpc) is 2.92. The van der Waals surface area contributed by atoms with Crippen LogP contribution in [0.25, 0.3) is 0 Å². The second-order valence-corrected chi connectivity index (χ2v) is 8.99. The summed E-state index contributed by atoms with van der Waals surface area (Å²) in [6, 6.07) is 24.1. The van der Waals surface area contributed by atoms with E-state index in [2.05, 4.69) is 17.6 Å². The van der Waals surface area contributed by atoms with Gasteiger partial charge >= 0.3 is 0 Å². The van der Waals surface area contributed by atoms with E-state index in [1.165, 1.54) is 0 Å². The molecule has 0 aromatic heterocycles. The highest BCUT2D eigenvalue weighted by molar-refractivity contribution is 5.96. The largest absolute Gasteiger partial charge is 0.490 e. The first-order valence-corrected chi connectivity index (χ1v) is 12.4. The molecule has 3 aromatic rings. The second kappa shape index (κ2) is 12.6. The molecule has 1 aliphatic rings. The molecule has 0 aliphatic carbocycles. The molecule has 188 valence electrons. The number of nitrogens with zero attached hydrogens (tertiary/aromatic N) is 1. The van der Waals surface area contributed by atoms with Crippen molar-refractivity contribution in [1.29, 1.82) is 0 Å². The van der Waals surface area contributed by atoms with Gasteiger partial charge in [-0.1, -0.05) is 25.1 Å². The van der Waals surface area contributed by atoms with Crippen molar-refractivity contribution in [2.45, 2.75) is 19.8 Å². The van der Waals surface area contributed by atoms with E-state index in [9.17, 15) is 9.59 Å². The number of para-hydroxylation sites is 1. The zero-order valence-electron chi connectivity index (χ0n) is 20.6. The predicted octanol–water partition coefficient (Wildman–Crippen LogP) is 5.07. The number of rotatable bonds is 10. The first-order valence-electron chi connectivity index (χ1n) is 12.4. The quantitative estimate of drug-likeness (QED) is 0.391. The van der Waals surface area contributed by atoms with Gasteiger partial charge in [-0.25, -0.2) is 0 Å². The van der Waals surface area contributed by atoms with E-state index in [4.69, 9.17) is 9.47 Å². The van der Waals surface area contributed by atoms with Crippen molar-refractivity contribution in [3.8, 4) is 11.5 Å². The van der Waals surface area contributed by atoms with E-state index in [1.54, 1.807) is 24.3 Å². The van der Waals surface area contributed by atoms with Gasteiger partial charge in [-0.05, 0) is 79.4 Å².